The first kappa shape index (κ1) is 21.5. The van der Waals surface area contributed by atoms with Gasteiger partial charge >= 0.3 is 6.18 Å². The molecule has 1 unspecified atom stereocenters. The molecule has 0 saturated heterocycles. The number of para-hydroxylation sites is 1. The average molecular weight is 443 g/mol. The van der Waals surface area contributed by atoms with Gasteiger partial charge in [-0.1, -0.05) is 30.3 Å². The van der Waals surface area contributed by atoms with Gasteiger partial charge in [-0.15, -0.1) is 11.8 Å². The minimum absolute atomic E-state index is 0.197. The van der Waals surface area contributed by atoms with Crippen LogP contribution >= 0.6 is 11.8 Å². The normalized spacial score (nSPS) is 14.0. The molecule has 1 atom stereocenters. The Hall–Kier alpha value is -2.77. The SMILES string of the molecule is Cc1cc(C)cc(SCC(O)(c2ccc3c(cnn3-c3ccccc3)c2)C(F)(F)F)c1. The number of benzene rings is 3. The summed E-state index contributed by atoms with van der Waals surface area (Å²) in [5, 5.41) is 15.7. The van der Waals surface area contributed by atoms with E-state index in [1.165, 1.54) is 18.3 Å². The summed E-state index contributed by atoms with van der Waals surface area (Å²) in [7, 11) is 0. The van der Waals surface area contributed by atoms with Crippen molar-refractivity contribution >= 4 is 22.7 Å². The number of nitrogens with zero attached hydrogens (tertiary/aromatic N) is 2. The van der Waals surface area contributed by atoms with E-state index in [2.05, 4.69) is 5.10 Å². The molecule has 31 heavy (non-hydrogen) atoms. The largest absolute Gasteiger partial charge is 0.422 e. The lowest BCUT2D eigenvalue weighted by molar-refractivity contribution is -0.256. The molecule has 3 aromatic carbocycles. The second kappa shape index (κ2) is 8.05. The van der Waals surface area contributed by atoms with Crippen molar-refractivity contribution in [3.8, 4) is 5.69 Å². The Morgan fingerprint density at radius 1 is 0.935 bits per heavy atom. The minimum Gasteiger partial charge on any atom is -0.376 e. The monoisotopic (exact) mass is 442 g/mol. The lowest BCUT2D eigenvalue weighted by Gasteiger charge is -2.31. The van der Waals surface area contributed by atoms with Gasteiger partial charge in [0.15, 0.2) is 5.60 Å². The summed E-state index contributed by atoms with van der Waals surface area (Å²) in [6.45, 7) is 3.79. The van der Waals surface area contributed by atoms with Gasteiger partial charge < -0.3 is 5.11 Å². The van der Waals surface area contributed by atoms with Gasteiger partial charge in [-0.25, -0.2) is 4.68 Å². The highest BCUT2D eigenvalue weighted by Gasteiger charge is 2.55. The Morgan fingerprint density at radius 3 is 2.26 bits per heavy atom. The van der Waals surface area contributed by atoms with Crippen molar-refractivity contribution in [1.29, 1.82) is 0 Å². The van der Waals surface area contributed by atoms with Gasteiger partial charge in [0.25, 0.3) is 0 Å². The van der Waals surface area contributed by atoms with E-state index in [1.807, 2.05) is 62.4 Å². The molecule has 1 N–H and O–H groups in total. The summed E-state index contributed by atoms with van der Waals surface area (Å²) >= 11 is 0.994. The summed E-state index contributed by atoms with van der Waals surface area (Å²) in [6.07, 6.45) is -3.32. The van der Waals surface area contributed by atoms with Gasteiger partial charge in [0.1, 0.15) is 0 Å². The Bertz CT molecular complexity index is 1200. The first-order chi connectivity index (χ1) is 14.7. The number of aromatic nitrogens is 2. The van der Waals surface area contributed by atoms with Crippen molar-refractivity contribution in [2.75, 3.05) is 5.75 Å². The summed E-state index contributed by atoms with van der Waals surface area (Å²) in [6, 6.07) is 19.2. The van der Waals surface area contributed by atoms with E-state index < -0.39 is 17.5 Å². The molecule has 0 bridgehead atoms. The van der Waals surface area contributed by atoms with Gasteiger partial charge in [0.2, 0.25) is 0 Å². The van der Waals surface area contributed by atoms with Crippen LogP contribution in [0.2, 0.25) is 0 Å². The van der Waals surface area contributed by atoms with Gasteiger partial charge in [-0.3, -0.25) is 0 Å². The van der Waals surface area contributed by atoms with E-state index in [9.17, 15) is 18.3 Å². The molecule has 0 aliphatic heterocycles. The Balaban J connectivity index is 1.70. The number of hydrogen-bond acceptors (Lipinski definition) is 3. The number of aryl methyl sites for hydroxylation is 2. The van der Waals surface area contributed by atoms with E-state index in [1.54, 1.807) is 10.7 Å². The van der Waals surface area contributed by atoms with Crippen LogP contribution in [0, 0.1) is 13.8 Å². The van der Waals surface area contributed by atoms with Crippen LogP contribution in [0.4, 0.5) is 13.2 Å². The molecular weight excluding hydrogens is 421 g/mol. The van der Waals surface area contributed by atoms with Crippen LogP contribution in [0.1, 0.15) is 16.7 Å². The highest BCUT2D eigenvalue weighted by molar-refractivity contribution is 7.99. The predicted molar refractivity (Wildman–Crippen MR) is 118 cm³/mol. The molecule has 7 heteroatoms. The molecule has 3 nitrogen and oxygen atoms in total. The van der Waals surface area contributed by atoms with Gasteiger partial charge in [0.05, 0.1) is 17.4 Å². The minimum atomic E-state index is -4.83. The number of thioether (sulfide) groups is 1. The standard InChI is InChI=1S/C24H21F3N2OS/c1-16-10-17(2)12-21(11-16)31-15-23(30,24(25,26)27)19-8-9-22-18(13-19)14-28-29(22)20-6-4-3-5-7-20/h3-14,30H,15H2,1-2H3. The van der Waals surface area contributed by atoms with Crippen LogP contribution in [-0.2, 0) is 5.60 Å². The molecule has 160 valence electrons. The zero-order chi connectivity index (χ0) is 22.2. The highest BCUT2D eigenvalue weighted by Crippen LogP contribution is 2.43. The van der Waals surface area contributed by atoms with Crippen LogP contribution in [0.15, 0.2) is 77.8 Å². The fourth-order valence-corrected chi connectivity index (χ4v) is 4.84. The zero-order valence-corrected chi connectivity index (χ0v) is 17.8. The molecule has 1 aromatic heterocycles. The van der Waals surface area contributed by atoms with Gasteiger partial charge in [-0.2, -0.15) is 18.3 Å². The van der Waals surface area contributed by atoms with Crippen LogP contribution in [0.5, 0.6) is 0 Å². The maximum absolute atomic E-state index is 14.0. The molecule has 4 aromatic rings. The number of hydrogen-bond donors (Lipinski definition) is 1. The molecule has 0 aliphatic carbocycles. The fourth-order valence-electron chi connectivity index (χ4n) is 3.60. The first-order valence-corrected chi connectivity index (χ1v) is 10.7. The number of rotatable bonds is 5. The fraction of sp³-hybridized carbons (Fsp3) is 0.208. The van der Waals surface area contributed by atoms with Gasteiger partial charge in [-0.05, 0) is 66.9 Å². The lowest BCUT2D eigenvalue weighted by atomic mass is 9.94. The van der Waals surface area contributed by atoms with Crippen molar-refractivity contribution in [3.05, 3.63) is 89.6 Å². The van der Waals surface area contributed by atoms with Gasteiger partial charge in [0, 0.05) is 16.0 Å². The second-order valence-electron chi connectivity index (χ2n) is 7.64. The van der Waals surface area contributed by atoms with Crippen LogP contribution in [0.3, 0.4) is 0 Å². The van der Waals surface area contributed by atoms with Crippen molar-refractivity contribution in [2.24, 2.45) is 0 Å². The third-order valence-electron chi connectivity index (χ3n) is 5.16. The molecule has 0 amide bonds. The maximum atomic E-state index is 14.0. The Labute approximate surface area is 182 Å². The Morgan fingerprint density at radius 2 is 1.61 bits per heavy atom. The molecule has 0 spiro atoms. The number of alkyl halides is 3. The van der Waals surface area contributed by atoms with Crippen molar-refractivity contribution in [1.82, 2.24) is 9.78 Å². The van der Waals surface area contributed by atoms with E-state index in [-0.39, 0.29) is 5.56 Å². The Kier molecular flexibility index (Phi) is 5.58. The molecule has 0 aliphatic rings. The zero-order valence-electron chi connectivity index (χ0n) is 17.0. The molecule has 1 heterocycles. The predicted octanol–water partition coefficient (Wildman–Crippen LogP) is 6.18. The second-order valence-corrected chi connectivity index (χ2v) is 8.68. The average Bonchev–Trinajstić information content (AvgIpc) is 3.14. The molecule has 4 rings (SSSR count). The van der Waals surface area contributed by atoms with E-state index in [4.69, 9.17) is 0 Å². The summed E-state index contributed by atoms with van der Waals surface area (Å²) < 4.78 is 43.8. The number of aliphatic hydroxyl groups is 1. The van der Waals surface area contributed by atoms with Crippen LogP contribution < -0.4 is 0 Å². The highest BCUT2D eigenvalue weighted by atomic mass is 32.2. The summed E-state index contributed by atoms with van der Waals surface area (Å²) in [5.74, 6) is -0.544. The lowest BCUT2D eigenvalue weighted by Crippen LogP contribution is -2.44. The topological polar surface area (TPSA) is 38.1 Å². The molecule has 0 radical (unpaired) electrons. The van der Waals surface area contributed by atoms with Crippen LogP contribution in [0.25, 0.3) is 16.6 Å². The van der Waals surface area contributed by atoms with E-state index in [0.29, 0.717) is 15.8 Å². The van der Waals surface area contributed by atoms with Crippen LogP contribution in [-0.4, -0.2) is 26.8 Å². The first-order valence-electron chi connectivity index (χ1n) is 9.71. The maximum Gasteiger partial charge on any atom is 0.422 e. The number of halogens is 3. The van der Waals surface area contributed by atoms with E-state index in [0.717, 1.165) is 28.6 Å². The molecular formula is C24H21F3N2OS. The summed E-state index contributed by atoms with van der Waals surface area (Å²) in [4.78, 5) is 0.693. The van der Waals surface area contributed by atoms with Crippen molar-refractivity contribution < 1.29 is 18.3 Å². The van der Waals surface area contributed by atoms with E-state index >= 15 is 0 Å². The third kappa shape index (κ3) is 4.20. The quantitative estimate of drug-likeness (QED) is 0.375. The molecule has 0 saturated carbocycles. The summed E-state index contributed by atoms with van der Waals surface area (Å²) in [5.41, 5.74) is 0.221. The number of fused-ring (bicyclic) bond motifs is 1. The molecule has 0 fully saturated rings. The smallest absolute Gasteiger partial charge is 0.376 e. The third-order valence-corrected chi connectivity index (χ3v) is 6.29. The van der Waals surface area contributed by atoms with Crippen molar-refractivity contribution in [3.63, 3.8) is 0 Å². The van der Waals surface area contributed by atoms with Crippen molar-refractivity contribution in [2.45, 2.75) is 30.5 Å².